The van der Waals surface area contributed by atoms with E-state index in [1.165, 1.54) is 23.5 Å². The Hall–Kier alpha value is -2.43. The number of rotatable bonds is 2. The topological polar surface area (TPSA) is 70.1 Å². The van der Waals surface area contributed by atoms with E-state index < -0.39 is 5.92 Å². The van der Waals surface area contributed by atoms with Crippen LogP contribution in [0.4, 0.5) is 10.1 Å². The van der Waals surface area contributed by atoms with E-state index >= 15 is 0 Å². The van der Waals surface area contributed by atoms with Crippen LogP contribution < -0.4 is 10.6 Å². The summed E-state index contributed by atoms with van der Waals surface area (Å²) in [6.07, 6.45) is 1.04. The lowest BCUT2D eigenvalue weighted by atomic mass is 9.69. The molecule has 2 aliphatic rings. The average molecular weight is 472 g/mol. The number of Topliss-reactive ketones (excluding diaryl/α,β-unsaturated/α-hetero) is 1. The van der Waals surface area contributed by atoms with Crippen molar-refractivity contribution in [3.63, 3.8) is 0 Å². The lowest BCUT2D eigenvalue weighted by Gasteiger charge is -2.43. The van der Waals surface area contributed by atoms with Gasteiger partial charge in [0, 0.05) is 28.3 Å². The van der Waals surface area contributed by atoms with Crippen LogP contribution in [-0.2, 0) is 4.79 Å². The number of halogens is 2. The number of allylic oxidation sites excluding steroid dienone is 3. The number of benzene rings is 1. The van der Waals surface area contributed by atoms with Gasteiger partial charge in [0.1, 0.15) is 11.6 Å². The van der Waals surface area contributed by atoms with E-state index in [0.29, 0.717) is 29.7 Å². The number of carbonyl (C=O) groups is 1. The smallest absolute Gasteiger partial charge is 0.162 e. The monoisotopic (exact) mass is 471 g/mol. The fourth-order valence-electron chi connectivity index (χ4n) is 4.16. The van der Waals surface area contributed by atoms with Crippen LogP contribution in [-0.4, -0.2) is 5.78 Å². The Balaban J connectivity index is 1.99. The summed E-state index contributed by atoms with van der Waals surface area (Å²) in [7, 11) is 0. The van der Waals surface area contributed by atoms with Crippen molar-refractivity contribution in [2.75, 3.05) is 4.90 Å². The highest BCUT2D eigenvalue weighted by Gasteiger charge is 2.45. The van der Waals surface area contributed by atoms with Gasteiger partial charge in [-0.3, -0.25) is 9.69 Å². The second-order valence-corrected chi connectivity index (χ2v) is 10.6. The molecule has 1 aliphatic carbocycles. The molecule has 4 nitrogen and oxygen atoms in total. The third kappa shape index (κ3) is 3.41. The molecule has 1 aromatic heterocycles. The molecule has 1 aliphatic heterocycles. The molecule has 0 unspecified atom stereocenters. The van der Waals surface area contributed by atoms with Crippen LogP contribution in [0.15, 0.2) is 62.8 Å². The Labute approximate surface area is 181 Å². The predicted octanol–water partition coefficient (Wildman–Crippen LogP) is 5.59. The number of nitrogens with two attached hydrogens (primary N) is 1. The van der Waals surface area contributed by atoms with Crippen LogP contribution in [0.5, 0.6) is 0 Å². The first kappa shape index (κ1) is 19.9. The largest absolute Gasteiger partial charge is 0.384 e. The predicted molar refractivity (Wildman–Crippen MR) is 116 cm³/mol. The third-order valence-electron chi connectivity index (χ3n) is 5.34. The fourth-order valence-corrected chi connectivity index (χ4v) is 5.71. The van der Waals surface area contributed by atoms with Crippen molar-refractivity contribution in [1.82, 2.24) is 0 Å². The standard InChI is InChI=1S/C22H19BrFN3OS/c1-22(2)9-15-20(16(28)10-22)19(17-7-8-18(23)29-17)14(11-25)21(26)27(15)13-5-3-12(24)4-6-13/h3-8,19H,9-10,26H2,1-2H3/t19-/m0/s1. The van der Waals surface area contributed by atoms with E-state index in [-0.39, 0.29) is 22.8 Å². The van der Waals surface area contributed by atoms with E-state index in [1.54, 1.807) is 17.0 Å². The van der Waals surface area contributed by atoms with Crippen molar-refractivity contribution in [3.8, 4) is 6.07 Å². The zero-order chi connectivity index (χ0) is 20.9. The molecule has 1 atom stereocenters. The molecule has 0 radical (unpaired) electrons. The van der Waals surface area contributed by atoms with Crippen molar-refractivity contribution < 1.29 is 9.18 Å². The minimum Gasteiger partial charge on any atom is -0.384 e. The highest BCUT2D eigenvalue weighted by molar-refractivity contribution is 9.11. The van der Waals surface area contributed by atoms with Gasteiger partial charge in [-0.05, 0) is 64.2 Å². The number of carbonyl (C=O) groups excluding carboxylic acids is 1. The molecule has 1 aromatic carbocycles. The molecule has 0 spiro atoms. The SMILES string of the molecule is CC1(C)CC(=O)C2=C(C1)N(c1ccc(F)cc1)C(N)=C(C#N)[C@H]2c1ccc(Br)s1. The fraction of sp³-hybridized carbons (Fsp3) is 0.273. The number of anilines is 1. The molecule has 0 amide bonds. The summed E-state index contributed by atoms with van der Waals surface area (Å²) in [6, 6.07) is 12.0. The van der Waals surface area contributed by atoms with Crippen LogP contribution in [0.1, 0.15) is 37.5 Å². The van der Waals surface area contributed by atoms with Gasteiger partial charge in [-0.25, -0.2) is 4.39 Å². The van der Waals surface area contributed by atoms with E-state index in [0.717, 1.165) is 14.4 Å². The number of nitrogens with zero attached hydrogens (tertiary/aromatic N) is 2. The molecule has 0 fully saturated rings. The molecule has 148 valence electrons. The van der Waals surface area contributed by atoms with Gasteiger partial charge in [-0.1, -0.05) is 13.8 Å². The maximum atomic E-state index is 13.5. The lowest BCUT2D eigenvalue weighted by Crippen LogP contribution is -2.42. The van der Waals surface area contributed by atoms with Crippen molar-refractivity contribution in [1.29, 1.82) is 5.26 Å². The molecule has 29 heavy (non-hydrogen) atoms. The average Bonchev–Trinajstić information content (AvgIpc) is 3.07. The summed E-state index contributed by atoms with van der Waals surface area (Å²) in [5, 5.41) is 9.97. The molecule has 4 rings (SSSR count). The number of hydrogen-bond donors (Lipinski definition) is 1. The third-order valence-corrected chi connectivity index (χ3v) is 7.03. The maximum Gasteiger partial charge on any atom is 0.162 e. The van der Waals surface area contributed by atoms with Gasteiger partial charge in [0.25, 0.3) is 0 Å². The molecular weight excluding hydrogens is 453 g/mol. The van der Waals surface area contributed by atoms with Gasteiger partial charge < -0.3 is 5.73 Å². The summed E-state index contributed by atoms with van der Waals surface area (Å²) < 4.78 is 14.4. The van der Waals surface area contributed by atoms with Gasteiger partial charge in [-0.2, -0.15) is 5.26 Å². The molecule has 2 N–H and O–H groups in total. The van der Waals surface area contributed by atoms with Gasteiger partial charge in [-0.15, -0.1) is 11.3 Å². The summed E-state index contributed by atoms with van der Waals surface area (Å²) in [4.78, 5) is 16.0. The Morgan fingerprint density at radius 1 is 1.24 bits per heavy atom. The van der Waals surface area contributed by atoms with Gasteiger partial charge >= 0.3 is 0 Å². The number of hydrogen-bond acceptors (Lipinski definition) is 5. The normalized spacial score (nSPS) is 21.3. The van der Waals surface area contributed by atoms with Crippen molar-refractivity contribution in [3.05, 3.63) is 73.5 Å². The zero-order valence-electron chi connectivity index (χ0n) is 16.0. The first-order valence-corrected chi connectivity index (χ1v) is 10.8. The summed E-state index contributed by atoms with van der Waals surface area (Å²) in [6.45, 7) is 4.10. The maximum absolute atomic E-state index is 13.5. The van der Waals surface area contributed by atoms with Gasteiger partial charge in [0.15, 0.2) is 5.78 Å². The molecule has 0 bridgehead atoms. The Morgan fingerprint density at radius 2 is 1.93 bits per heavy atom. The second kappa shape index (κ2) is 7.12. The molecule has 7 heteroatoms. The van der Waals surface area contributed by atoms with Crippen LogP contribution in [0.25, 0.3) is 0 Å². The molecule has 0 saturated heterocycles. The minimum atomic E-state index is -0.480. The van der Waals surface area contributed by atoms with Crippen molar-refractivity contribution in [2.24, 2.45) is 11.1 Å². The highest BCUT2D eigenvalue weighted by atomic mass is 79.9. The first-order chi connectivity index (χ1) is 13.7. The van der Waals surface area contributed by atoms with Crippen LogP contribution >= 0.6 is 27.3 Å². The quantitative estimate of drug-likeness (QED) is 0.619. The second-order valence-electron chi connectivity index (χ2n) is 8.10. The minimum absolute atomic E-state index is 0.0261. The number of nitriles is 1. The Bertz CT molecular complexity index is 1110. The van der Waals surface area contributed by atoms with Crippen LogP contribution in [0, 0.1) is 22.6 Å². The number of thiophene rings is 1. The van der Waals surface area contributed by atoms with Crippen LogP contribution in [0.3, 0.4) is 0 Å². The molecule has 0 saturated carbocycles. The summed E-state index contributed by atoms with van der Waals surface area (Å²) in [5.74, 6) is -0.521. The van der Waals surface area contributed by atoms with Crippen LogP contribution in [0.2, 0.25) is 0 Å². The van der Waals surface area contributed by atoms with E-state index in [2.05, 4.69) is 22.0 Å². The van der Waals surface area contributed by atoms with E-state index in [9.17, 15) is 14.4 Å². The van der Waals surface area contributed by atoms with Gasteiger partial charge in [0.05, 0.1) is 21.3 Å². The first-order valence-electron chi connectivity index (χ1n) is 9.19. The lowest BCUT2D eigenvalue weighted by molar-refractivity contribution is -0.118. The molecule has 2 aromatic rings. The Morgan fingerprint density at radius 3 is 2.52 bits per heavy atom. The zero-order valence-corrected chi connectivity index (χ0v) is 18.4. The van der Waals surface area contributed by atoms with E-state index in [1.807, 2.05) is 26.0 Å². The molecule has 2 heterocycles. The van der Waals surface area contributed by atoms with Gasteiger partial charge in [0.2, 0.25) is 0 Å². The highest BCUT2D eigenvalue weighted by Crippen LogP contribution is 2.51. The summed E-state index contributed by atoms with van der Waals surface area (Å²) >= 11 is 4.97. The van der Waals surface area contributed by atoms with Crippen molar-refractivity contribution in [2.45, 2.75) is 32.6 Å². The molecular formula is C22H19BrFN3OS. The van der Waals surface area contributed by atoms with Crippen molar-refractivity contribution >= 4 is 38.7 Å². The number of ketones is 1. The Kier molecular flexibility index (Phi) is 4.88. The van der Waals surface area contributed by atoms with E-state index in [4.69, 9.17) is 5.73 Å². The summed E-state index contributed by atoms with van der Waals surface area (Å²) in [5.41, 5.74) is 8.68.